The predicted octanol–water partition coefficient (Wildman–Crippen LogP) is 2.54. The molecule has 28 heavy (non-hydrogen) atoms. The number of morpholine rings is 1. The van der Waals surface area contributed by atoms with E-state index in [4.69, 9.17) is 4.74 Å². The van der Waals surface area contributed by atoms with Gasteiger partial charge in [0, 0.05) is 52.0 Å². The molecular formula is C22H32N4O2. The van der Waals surface area contributed by atoms with Gasteiger partial charge in [0.1, 0.15) is 5.82 Å². The molecule has 1 saturated heterocycles. The summed E-state index contributed by atoms with van der Waals surface area (Å²) in [5, 5.41) is 0. The molecule has 6 heteroatoms. The van der Waals surface area contributed by atoms with Gasteiger partial charge in [-0.2, -0.15) is 0 Å². The third kappa shape index (κ3) is 5.20. The Morgan fingerprint density at radius 1 is 1.18 bits per heavy atom. The highest BCUT2D eigenvalue weighted by Gasteiger charge is 2.17. The van der Waals surface area contributed by atoms with Crippen LogP contribution in [-0.2, 0) is 22.6 Å². The third-order valence-electron chi connectivity index (χ3n) is 5.54. The van der Waals surface area contributed by atoms with E-state index in [0.29, 0.717) is 13.1 Å². The molecule has 1 fully saturated rings. The second-order valence-electron chi connectivity index (χ2n) is 7.74. The number of aromatic nitrogens is 2. The molecule has 6 nitrogen and oxygen atoms in total. The lowest BCUT2D eigenvalue weighted by atomic mass is 10.00. The van der Waals surface area contributed by atoms with Gasteiger partial charge in [-0.3, -0.25) is 9.69 Å². The zero-order valence-corrected chi connectivity index (χ0v) is 17.6. The molecule has 0 saturated carbocycles. The fourth-order valence-corrected chi connectivity index (χ4v) is 3.87. The number of rotatable bonds is 7. The van der Waals surface area contributed by atoms with Crippen LogP contribution in [0, 0.1) is 20.8 Å². The summed E-state index contributed by atoms with van der Waals surface area (Å²) in [6.07, 6.45) is 3.84. The smallest absolute Gasteiger partial charge is 0.219 e. The topological polar surface area (TPSA) is 50.6 Å². The van der Waals surface area contributed by atoms with Gasteiger partial charge in [0.25, 0.3) is 0 Å². The van der Waals surface area contributed by atoms with E-state index in [0.717, 1.165) is 45.2 Å². The quantitative estimate of drug-likeness (QED) is 0.736. The number of aryl methyl sites for hydroxylation is 3. The van der Waals surface area contributed by atoms with Crippen molar-refractivity contribution in [2.45, 2.75) is 40.8 Å². The maximum atomic E-state index is 12.2. The monoisotopic (exact) mass is 384 g/mol. The number of hydrogen-bond acceptors (Lipinski definition) is 4. The Bertz CT molecular complexity index is 786. The van der Waals surface area contributed by atoms with Crippen molar-refractivity contribution in [1.82, 2.24) is 19.4 Å². The van der Waals surface area contributed by atoms with Crippen LogP contribution < -0.4 is 0 Å². The largest absolute Gasteiger partial charge is 0.379 e. The fraction of sp³-hybridized carbons (Fsp3) is 0.545. The first kappa shape index (κ1) is 20.6. The molecule has 2 aromatic rings. The van der Waals surface area contributed by atoms with Crippen LogP contribution in [0.25, 0.3) is 0 Å². The number of hydrogen-bond donors (Lipinski definition) is 0. The van der Waals surface area contributed by atoms with Crippen molar-refractivity contribution in [3.05, 3.63) is 52.6 Å². The number of nitrogens with zero attached hydrogens (tertiary/aromatic N) is 4. The molecule has 1 aromatic heterocycles. The lowest BCUT2D eigenvalue weighted by Gasteiger charge is -2.29. The number of carbonyl (C=O) groups excluding carboxylic acids is 1. The normalized spacial score (nSPS) is 15.0. The number of amides is 1. The van der Waals surface area contributed by atoms with Gasteiger partial charge in [-0.25, -0.2) is 4.98 Å². The highest BCUT2D eigenvalue weighted by molar-refractivity contribution is 5.73. The van der Waals surface area contributed by atoms with Crippen molar-refractivity contribution in [3.8, 4) is 0 Å². The van der Waals surface area contributed by atoms with E-state index in [2.05, 4.69) is 47.4 Å². The predicted molar refractivity (Wildman–Crippen MR) is 110 cm³/mol. The minimum atomic E-state index is 0.0884. The summed E-state index contributed by atoms with van der Waals surface area (Å²) in [5.41, 5.74) is 5.21. The van der Waals surface area contributed by atoms with Gasteiger partial charge in [-0.15, -0.1) is 0 Å². The second kappa shape index (κ2) is 9.34. The number of imidazole rings is 1. The number of benzene rings is 1. The van der Waals surface area contributed by atoms with E-state index < -0.39 is 0 Å². The van der Waals surface area contributed by atoms with Crippen LogP contribution in [0.1, 0.15) is 35.0 Å². The number of ether oxygens (including phenoxy) is 1. The van der Waals surface area contributed by atoms with E-state index in [-0.39, 0.29) is 5.91 Å². The molecule has 1 aliphatic heterocycles. The van der Waals surface area contributed by atoms with Crippen molar-refractivity contribution in [3.63, 3.8) is 0 Å². The van der Waals surface area contributed by atoms with Gasteiger partial charge in [-0.05, 0) is 37.5 Å². The first-order chi connectivity index (χ1) is 13.4. The van der Waals surface area contributed by atoms with Crippen molar-refractivity contribution in [1.29, 1.82) is 0 Å². The van der Waals surface area contributed by atoms with Crippen LogP contribution in [-0.4, -0.2) is 64.7 Å². The molecule has 0 atom stereocenters. The SMILES string of the molecule is CC(=O)N(CCN1CCOCC1)Cc1nccn1Cc1c(C)cc(C)cc1C. The van der Waals surface area contributed by atoms with Gasteiger partial charge < -0.3 is 14.2 Å². The Balaban J connectivity index is 1.68. The Morgan fingerprint density at radius 2 is 1.86 bits per heavy atom. The minimum Gasteiger partial charge on any atom is -0.379 e. The van der Waals surface area contributed by atoms with Crippen molar-refractivity contribution in [2.24, 2.45) is 0 Å². The summed E-state index contributed by atoms with van der Waals surface area (Å²) >= 11 is 0. The van der Waals surface area contributed by atoms with Gasteiger partial charge in [0.05, 0.1) is 19.8 Å². The van der Waals surface area contributed by atoms with Crippen LogP contribution >= 0.6 is 0 Å². The molecule has 1 amide bonds. The van der Waals surface area contributed by atoms with Crippen molar-refractivity contribution < 1.29 is 9.53 Å². The summed E-state index contributed by atoms with van der Waals surface area (Å²) in [7, 11) is 0. The lowest BCUT2D eigenvalue weighted by Crippen LogP contribution is -2.42. The van der Waals surface area contributed by atoms with E-state index in [1.54, 1.807) is 6.92 Å². The molecule has 2 heterocycles. The minimum absolute atomic E-state index is 0.0884. The van der Waals surface area contributed by atoms with Crippen LogP contribution in [0.15, 0.2) is 24.5 Å². The molecule has 0 radical (unpaired) electrons. The molecule has 3 rings (SSSR count). The summed E-state index contributed by atoms with van der Waals surface area (Å²) in [6, 6.07) is 4.45. The van der Waals surface area contributed by atoms with E-state index in [1.807, 2.05) is 17.3 Å². The standard InChI is InChI=1S/C22H32N4O2/c1-17-13-18(2)21(19(3)14-17)15-26-6-5-23-22(26)16-25(20(4)27)8-7-24-9-11-28-12-10-24/h5-6,13-14H,7-12,15-16H2,1-4H3. The Labute approximate surface area is 168 Å². The average Bonchev–Trinajstić information content (AvgIpc) is 3.09. The lowest BCUT2D eigenvalue weighted by molar-refractivity contribution is -0.129. The fourth-order valence-electron chi connectivity index (χ4n) is 3.87. The highest BCUT2D eigenvalue weighted by atomic mass is 16.5. The van der Waals surface area contributed by atoms with Gasteiger partial charge in [0.2, 0.25) is 5.91 Å². The van der Waals surface area contributed by atoms with Crippen LogP contribution in [0.2, 0.25) is 0 Å². The maximum Gasteiger partial charge on any atom is 0.219 e. The first-order valence-corrected chi connectivity index (χ1v) is 10.1. The van der Waals surface area contributed by atoms with Gasteiger partial charge in [0.15, 0.2) is 0 Å². The van der Waals surface area contributed by atoms with Gasteiger partial charge >= 0.3 is 0 Å². The van der Waals surface area contributed by atoms with Crippen molar-refractivity contribution in [2.75, 3.05) is 39.4 Å². The Morgan fingerprint density at radius 3 is 2.50 bits per heavy atom. The molecule has 0 N–H and O–H groups in total. The zero-order valence-electron chi connectivity index (χ0n) is 17.6. The molecule has 0 bridgehead atoms. The Kier molecular flexibility index (Phi) is 6.86. The number of carbonyl (C=O) groups is 1. The summed E-state index contributed by atoms with van der Waals surface area (Å²) < 4.78 is 7.56. The Hall–Kier alpha value is -2.18. The molecule has 152 valence electrons. The van der Waals surface area contributed by atoms with Crippen LogP contribution in [0.4, 0.5) is 0 Å². The molecule has 0 spiro atoms. The summed E-state index contributed by atoms with van der Waals surface area (Å²) in [4.78, 5) is 21.0. The molecule has 0 unspecified atom stereocenters. The first-order valence-electron chi connectivity index (χ1n) is 10.1. The van der Waals surface area contributed by atoms with E-state index in [9.17, 15) is 4.79 Å². The van der Waals surface area contributed by atoms with Crippen molar-refractivity contribution >= 4 is 5.91 Å². The average molecular weight is 385 g/mol. The molecule has 1 aromatic carbocycles. The highest BCUT2D eigenvalue weighted by Crippen LogP contribution is 2.18. The van der Waals surface area contributed by atoms with E-state index in [1.165, 1.54) is 22.3 Å². The zero-order chi connectivity index (χ0) is 20.1. The van der Waals surface area contributed by atoms with Gasteiger partial charge in [-0.1, -0.05) is 17.7 Å². The maximum absolute atomic E-state index is 12.2. The third-order valence-corrected chi connectivity index (χ3v) is 5.54. The summed E-state index contributed by atoms with van der Waals surface area (Å²) in [6.45, 7) is 14.4. The summed E-state index contributed by atoms with van der Waals surface area (Å²) in [5.74, 6) is 1.02. The van der Waals surface area contributed by atoms with E-state index >= 15 is 0 Å². The van der Waals surface area contributed by atoms with Crippen LogP contribution in [0.3, 0.4) is 0 Å². The van der Waals surface area contributed by atoms with Crippen LogP contribution in [0.5, 0.6) is 0 Å². The second-order valence-corrected chi connectivity index (χ2v) is 7.74. The molecule has 0 aliphatic carbocycles. The molecular weight excluding hydrogens is 352 g/mol. The molecule has 1 aliphatic rings.